The van der Waals surface area contributed by atoms with Gasteiger partial charge in [0.15, 0.2) is 52.4 Å². The van der Waals surface area contributed by atoms with Gasteiger partial charge in [0.2, 0.25) is 0 Å². The van der Waals surface area contributed by atoms with Gasteiger partial charge in [-0.3, -0.25) is 0 Å². The lowest BCUT2D eigenvalue weighted by atomic mass is 10.00. The van der Waals surface area contributed by atoms with Crippen molar-refractivity contribution < 1.29 is 13.3 Å². The van der Waals surface area contributed by atoms with E-state index in [-0.39, 0.29) is 0 Å². The summed E-state index contributed by atoms with van der Waals surface area (Å²) in [7, 11) is 0. The minimum Gasteiger partial charge on any atom is -0.456 e. The second kappa shape index (κ2) is 33.6. The van der Waals surface area contributed by atoms with E-state index in [0.29, 0.717) is 52.4 Å². The summed E-state index contributed by atoms with van der Waals surface area (Å²) >= 11 is 0. The molecule has 0 saturated heterocycles. The van der Waals surface area contributed by atoms with Crippen LogP contribution in [0.2, 0.25) is 0 Å². The molecule has 0 atom stereocenters. The molecule has 6 aromatic heterocycles. The van der Waals surface area contributed by atoms with E-state index >= 15 is 0 Å². The third kappa shape index (κ3) is 15.3. The third-order valence-electron chi connectivity index (χ3n) is 25.5. The van der Waals surface area contributed by atoms with Crippen molar-refractivity contribution in [2.45, 2.75) is 0 Å². The fourth-order valence-corrected chi connectivity index (χ4v) is 18.5. The summed E-state index contributed by atoms with van der Waals surface area (Å²) in [5, 5.41) is 20.7. The molecule has 0 amide bonds. The first-order valence-corrected chi connectivity index (χ1v) is 45.1. The summed E-state index contributed by atoms with van der Waals surface area (Å²) in [6, 6.07) is 157. The molecule has 0 N–H and O–H groups in total. The molecule has 0 bridgehead atoms. The minimum absolute atomic E-state index is 0.602. The van der Waals surface area contributed by atoms with Gasteiger partial charge < -0.3 is 13.3 Å². The van der Waals surface area contributed by atoms with E-state index < -0.39 is 0 Å². The summed E-state index contributed by atoms with van der Waals surface area (Å²) < 4.78 is 19.0. The minimum atomic E-state index is 0.602. The van der Waals surface area contributed by atoms with Crippen molar-refractivity contribution in [3.05, 3.63) is 455 Å². The molecule has 6 heterocycles. The number of furan rings is 3. The lowest BCUT2D eigenvalue weighted by Crippen LogP contribution is -2.00. The van der Waals surface area contributed by atoms with Gasteiger partial charge in [-0.15, -0.1) is 0 Å². The van der Waals surface area contributed by atoms with Crippen LogP contribution in [0.5, 0.6) is 0 Å². The molecule has 21 aromatic carbocycles. The predicted molar refractivity (Wildman–Crippen MR) is 552 cm³/mol. The highest BCUT2D eigenvalue weighted by Crippen LogP contribution is 2.43. The average molecular weight is 1730 g/mol. The molecule has 0 saturated carbocycles. The smallest absolute Gasteiger partial charge is 0.164 e. The molecule has 630 valence electrons. The van der Waals surface area contributed by atoms with Crippen LogP contribution in [0, 0.1) is 0 Å². The number of fused-ring (bicyclic) bond motifs is 15. The summed E-state index contributed by atoms with van der Waals surface area (Å²) in [5.74, 6) is 5.61. The average Bonchev–Trinajstić information content (AvgIpc) is 1.65. The Kier molecular flexibility index (Phi) is 19.6. The monoisotopic (exact) mass is 1730 g/mol. The third-order valence-corrected chi connectivity index (χ3v) is 25.5. The number of aromatic nitrogens is 9. The predicted octanol–water partition coefficient (Wildman–Crippen LogP) is 32.2. The molecule has 0 radical (unpaired) electrons. The van der Waals surface area contributed by atoms with Gasteiger partial charge >= 0.3 is 0 Å². The van der Waals surface area contributed by atoms with E-state index in [1.165, 1.54) is 59.8 Å². The summed E-state index contributed by atoms with van der Waals surface area (Å²) in [5.41, 5.74) is 20.3. The van der Waals surface area contributed by atoms with Crippen LogP contribution < -0.4 is 0 Å². The lowest BCUT2D eigenvalue weighted by molar-refractivity contribution is 0.669. The molecule has 0 aliphatic rings. The van der Waals surface area contributed by atoms with Gasteiger partial charge in [0, 0.05) is 82.4 Å². The maximum Gasteiger partial charge on any atom is 0.164 e. The SMILES string of the molecule is c1ccc(-c2nc(-c3ccc(-c4ccc5ccccc5c4)cc3)nc(-c3ccc4c(c3)oc3cc5ccccc5cc34)n2)cc1.c1ccc(-c2nc(-c3ccc(-c4ccc5ccccc5c4)cc3)nc(-c3ccc4oc5cc6ccccc6cc5c4c3)n2)cc1.c1ccc(-c2nc(-c3ccc(-c4ccc5ccccc5c4)cc3)nc(-c3cccc4oc5cc6ccccc6cc5c34)n2)cc1. The van der Waals surface area contributed by atoms with Gasteiger partial charge in [-0.2, -0.15) is 0 Å². The molecule has 0 spiro atoms. The highest BCUT2D eigenvalue weighted by atomic mass is 16.3. The fourth-order valence-electron chi connectivity index (χ4n) is 18.5. The number of hydrogen-bond donors (Lipinski definition) is 0. The van der Waals surface area contributed by atoms with Crippen molar-refractivity contribution in [3.63, 3.8) is 0 Å². The quantitative estimate of drug-likeness (QED) is 0.114. The zero-order chi connectivity index (χ0) is 89.2. The zero-order valence-corrected chi connectivity index (χ0v) is 72.6. The molecule has 12 heteroatoms. The van der Waals surface area contributed by atoms with E-state index in [1.807, 2.05) is 127 Å². The van der Waals surface area contributed by atoms with Crippen LogP contribution in [0.3, 0.4) is 0 Å². The van der Waals surface area contributed by atoms with Crippen molar-refractivity contribution in [1.29, 1.82) is 0 Å². The van der Waals surface area contributed by atoms with E-state index in [4.69, 9.17) is 58.1 Å². The zero-order valence-electron chi connectivity index (χ0n) is 72.6. The van der Waals surface area contributed by atoms with E-state index in [0.717, 1.165) is 154 Å². The Bertz CT molecular complexity index is 9290. The number of rotatable bonds is 12. The summed E-state index contributed by atoms with van der Waals surface area (Å²) in [6.07, 6.45) is 0. The van der Waals surface area contributed by atoms with Crippen LogP contribution >= 0.6 is 0 Å². The molecular formula is C123H75N9O3. The van der Waals surface area contributed by atoms with Crippen molar-refractivity contribution >= 4 is 130 Å². The summed E-state index contributed by atoms with van der Waals surface area (Å²) in [6.45, 7) is 0. The van der Waals surface area contributed by atoms with E-state index in [1.54, 1.807) is 0 Å². The maximum absolute atomic E-state index is 6.36. The Morgan fingerprint density at radius 1 is 0.119 bits per heavy atom. The Morgan fingerprint density at radius 2 is 0.370 bits per heavy atom. The molecule has 0 fully saturated rings. The first kappa shape index (κ1) is 78.8. The van der Waals surface area contributed by atoms with E-state index in [9.17, 15) is 0 Å². The molecule has 0 aliphatic carbocycles. The number of benzene rings is 21. The second-order valence-electron chi connectivity index (χ2n) is 33.9. The van der Waals surface area contributed by atoms with Crippen LogP contribution in [0.25, 0.3) is 266 Å². The lowest BCUT2D eigenvalue weighted by Gasteiger charge is -2.10. The molecule has 27 aromatic rings. The van der Waals surface area contributed by atoms with Crippen LogP contribution in [0.15, 0.2) is 468 Å². The number of nitrogens with zero attached hydrogens (tertiary/aromatic N) is 9. The molecule has 0 aliphatic heterocycles. The second-order valence-corrected chi connectivity index (χ2v) is 33.9. The van der Waals surface area contributed by atoms with Gasteiger partial charge in [0.25, 0.3) is 0 Å². The van der Waals surface area contributed by atoms with Crippen LogP contribution in [-0.4, -0.2) is 44.9 Å². The van der Waals surface area contributed by atoms with Crippen molar-refractivity contribution in [2.75, 3.05) is 0 Å². The topological polar surface area (TPSA) is 155 Å². The Balaban J connectivity index is 0.000000108. The first-order valence-electron chi connectivity index (χ1n) is 45.1. The van der Waals surface area contributed by atoms with Crippen LogP contribution in [-0.2, 0) is 0 Å². The standard InChI is InChI=1S/3C41H25N3O/c1-2-10-28(11-3-1)39-42-40(29-20-17-27(18-21-29)33-22-19-26-9-4-5-12-30(26)23-33)44-41(43-39)34-15-8-16-36-38(34)35-24-31-13-6-7-14-32(31)25-37(35)45-36;1-2-9-28(10-3-1)39-42-40(29-17-14-27(15-18-29)33-19-16-26-8-4-5-11-30(26)22-33)44-41(43-39)34-20-21-37-35(24-34)36-23-31-12-6-7-13-32(31)25-38(36)45-37;1-2-9-28(10-3-1)39-42-40(29-17-14-27(15-18-29)33-19-16-26-8-4-5-11-30(26)22-33)44-41(43-39)34-20-21-35-36-23-31-12-6-7-13-32(31)24-38(36)45-37(35)25-34/h3*1-25H. The van der Waals surface area contributed by atoms with Gasteiger partial charge in [-0.05, 0) is 189 Å². The maximum atomic E-state index is 6.36. The van der Waals surface area contributed by atoms with Crippen molar-refractivity contribution in [2.24, 2.45) is 0 Å². The first-order chi connectivity index (χ1) is 66.8. The van der Waals surface area contributed by atoms with Gasteiger partial charge in [-0.1, -0.05) is 364 Å². The Labute approximate surface area is 774 Å². The number of hydrogen-bond acceptors (Lipinski definition) is 12. The van der Waals surface area contributed by atoms with Crippen LogP contribution in [0.4, 0.5) is 0 Å². The molecule has 135 heavy (non-hydrogen) atoms. The van der Waals surface area contributed by atoms with Crippen molar-refractivity contribution in [3.8, 4) is 136 Å². The van der Waals surface area contributed by atoms with Gasteiger partial charge in [0.05, 0.1) is 0 Å². The Hall–Kier alpha value is -18.4. The molecular weight excluding hydrogens is 1650 g/mol. The highest BCUT2D eigenvalue weighted by molar-refractivity contribution is 6.16. The van der Waals surface area contributed by atoms with Gasteiger partial charge in [0.1, 0.15) is 33.5 Å². The van der Waals surface area contributed by atoms with Crippen molar-refractivity contribution in [1.82, 2.24) is 44.9 Å². The Morgan fingerprint density at radius 3 is 0.763 bits per heavy atom. The fraction of sp³-hybridized carbons (Fsp3) is 0. The van der Waals surface area contributed by atoms with Gasteiger partial charge in [-0.25, -0.2) is 44.9 Å². The van der Waals surface area contributed by atoms with E-state index in [2.05, 4.69) is 328 Å². The highest BCUT2D eigenvalue weighted by Gasteiger charge is 2.23. The molecule has 0 unspecified atom stereocenters. The van der Waals surface area contributed by atoms with Crippen LogP contribution in [0.1, 0.15) is 0 Å². The molecule has 12 nitrogen and oxygen atoms in total. The summed E-state index contributed by atoms with van der Waals surface area (Å²) in [4.78, 5) is 44.8. The largest absolute Gasteiger partial charge is 0.456 e. The molecule has 27 rings (SSSR count). The normalized spacial score (nSPS) is 11.6.